The van der Waals surface area contributed by atoms with Gasteiger partial charge in [0, 0.05) is 11.3 Å². The molecule has 0 bridgehead atoms. The second-order valence-corrected chi connectivity index (χ2v) is 6.18. The molecule has 1 aliphatic carbocycles. The largest absolute Gasteiger partial charge is 0.378 e. The topological polar surface area (TPSA) is 49.3 Å². The molecule has 4 heteroatoms. The minimum absolute atomic E-state index is 0.206. The van der Waals surface area contributed by atoms with Crippen molar-refractivity contribution in [2.24, 2.45) is 0 Å². The van der Waals surface area contributed by atoms with Crippen LogP contribution in [0, 0.1) is 0 Å². The van der Waals surface area contributed by atoms with Crippen LogP contribution in [-0.2, 0) is 4.79 Å². The Morgan fingerprint density at radius 3 is 2.79 bits per heavy atom. The predicted octanol–water partition coefficient (Wildman–Crippen LogP) is 2.51. The first-order chi connectivity index (χ1) is 9.20. The Morgan fingerprint density at radius 1 is 1.37 bits per heavy atom. The van der Waals surface area contributed by atoms with Crippen LogP contribution in [0.2, 0.25) is 0 Å². The Morgan fingerprint density at radius 2 is 2.11 bits per heavy atom. The number of aliphatic hydroxyl groups excluding tert-OH is 1. The standard InChI is InChI=1S/C15H21NO2S/c1-19-13-9-5-8-12(10-13)16-15(18)14(17)11-6-3-2-4-7-11/h2-4,6-7,12-14,17H,5,8-10H2,1H3,(H,16,18). The lowest BCUT2D eigenvalue weighted by molar-refractivity contribution is -0.130. The highest BCUT2D eigenvalue weighted by molar-refractivity contribution is 7.99. The molecule has 1 aliphatic rings. The molecule has 0 spiro atoms. The van der Waals surface area contributed by atoms with E-state index in [9.17, 15) is 9.90 Å². The van der Waals surface area contributed by atoms with E-state index >= 15 is 0 Å². The molecule has 3 nitrogen and oxygen atoms in total. The smallest absolute Gasteiger partial charge is 0.253 e. The van der Waals surface area contributed by atoms with Gasteiger partial charge in [0.05, 0.1) is 0 Å². The number of rotatable bonds is 4. The fourth-order valence-corrected chi connectivity index (χ4v) is 3.38. The Hall–Kier alpha value is -1.00. The average Bonchev–Trinajstić information content (AvgIpc) is 2.47. The van der Waals surface area contributed by atoms with E-state index in [0.29, 0.717) is 10.8 Å². The second kappa shape index (κ2) is 6.96. The van der Waals surface area contributed by atoms with Crippen molar-refractivity contribution in [1.82, 2.24) is 5.32 Å². The van der Waals surface area contributed by atoms with Crippen molar-refractivity contribution in [3.63, 3.8) is 0 Å². The molecule has 1 fully saturated rings. The SMILES string of the molecule is CSC1CCCC(NC(=O)C(O)c2ccccc2)C1. The van der Waals surface area contributed by atoms with E-state index in [2.05, 4.69) is 11.6 Å². The predicted molar refractivity (Wildman–Crippen MR) is 79.1 cm³/mol. The van der Waals surface area contributed by atoms with Crippen molar-refractivity contribution in [2.75, 3.05) is 6.26 Å². The fourth-order valence-electron chi connectivity index (χ4n) is 2.56. The van der Waals surface area contributed by atoms with Gasteiger partial charge in [0.15, 0.2) is 6.10 Å². The van der Waals surface area contributed by atoms with Gasteiger partial charge in [-0.25, -0.2) is 0 Å². The van der Waals surface area contributed by atoms with Crippen molar-refractivity contribution in [3.05, 3.63) is 35.9 Å². The molecular formula is C15H21NO2S. The first-order valence-corrected chi connectivity index (χ1v) is 8.05. The molecule has 3 atom stereocenters. The minimum Gasteiger partial charge on any atom is -0.378 e. The lowest BCUT2D eigenvalue weighted by Gasteiger charge is -2.29. The summed E-state index contributed by atoms with van der Waals surface area (Å²) in [5.41, 5.74) is 0.650. The van der Waals surface area contributed by atoms with Crippen molar-refractivity contribution in [3.8, 4) is 0 Å². The highest BCUT2D eigenvalue weighted by Crippen LogP contribution is 2.27. The van der Waals surface area contributed by atoms with E-state index in [0.717, 1.165) is 19.3 Å². The molecule has 19 heavy (non-hydrogen) atoms. The number of nitrogens with one attached hydrogen (secondary N) is 1. The highest BCUT2D eigenvalue weighted by Gasteiger charge is 2.25. The summed E-state index contributed by atoms with van der Waals surface area (Å²) in [6.45, 7) is 0. The number of amides is 1. The zero-order valence-corrected chi connectivity index (χ0v) is 12.0. The molecule has 1 aromatic carbocycles. The molecule has 0 radical (unpaired) electrons. The molecule has 2 N–H and O–H groups in total. The van der Waals surface area contributed by atoms with Gasteiger partial charge in [-0.15, -0.1) is 0 Å². The number of carbonyl (C=O) groups excluding carboxylic acids is 1. The van der Waals surface area contributed by atoms with Crippen LogP contribution in [-0.4, -0.2) is 28.6 Å². The van der Waals surface area contributed by atoms with Crippen LogP contribution in [0.4, 0.5) is 0 Å². The van der Waals surface area contributed by atoms with E-state index in [1.54, 1.807) is 12.1 Å². The number of hydrogen-bond donors (Lipinski definition) is 2. The molecule has 0 heterocycles. The summed E-state index contributed by atoms with van der Waals surface area (Å²) < 4.78 is 0. The summed E-state index contributed by atoms with van der Waals surface area (Å²) >= 11 is 1.87. The zero-order chi connectivity index (χ0) is 13.7. The summed E-state index contributed by atoms with van der Waals surface area (Å²) in [6, 6.07) is 9.29. The summed E-state index contributed by atoms with van der Waals surface area (Å²) in [4.78, 5) is 12.0. The van der Waals surface area contributed by atoms with Gasteiger partial charge in [0.1, 0.15) is 0 Å². The van der Waals surface area contributed by atoms with Crippen LogP contribution in [0.3, 0.4) is 0 Å². The van der Waals surface area contributed by atoms with Crippen molar-refractivity contribution in [2.45, 2.75) is 43.1 Å². The first-order valence-electron chi connectivity index (χ1n) is 6.77. The van der Waals surface area contributed by atoms with Crippen molar-refractivity contribution < 1.29 is 9.90 Å². The minimum atomic E-state index is -1.06. The molecule has 1 amide bonds. The molecule has 1 saturated carbocycles. The van der Waals surface area contributed by atoms with E-state index < -0.39 is 6.10 Å². The maximum atomic E-state index is 12.0. The molecule has 0 aliphatic heterocycles. The van der Waals surface area contributed by atoms with Gasteiger partial charge in [-0.2, -0.15) is 11.8 Å². The van der Waals surface area contributed by atoms with Gasteiger partial charge in [-0.3, -0.25) is 4.79 Å². The maximum absolute atomic E-state index is 12.0. The third-order valence-electron chi connectivity index (χ3n) is 3.67. The van der Waals surface area contributed by atoms with Crippen LogP contribution in [0.5, 0.6) is 0 Å². The molecule has 0 aromatic heterocycles. The van der Waals surface area contributed by atoms with Gasteiger partial charge < -0.3 is 10.4 Å². The van der Waals surface area contributed by atoms with E-state index in [-0.39, 0.29) is 11.9 Å². The van der Waals surface area contributed by atoms with Crippen LogP contribution in [0.15, 0.2) is 30.3 Å². The Balaban J connectivity index is 1.90. The summed E-state index contributed by atoms with van der Waals surface area (Å²) in [7, 11) is 0. The van der Waals surface area contributed by atoms with Crippen LogP contribution < -0.4 is 5.32 Å². The van der Waals surface area contributed by atoms with Gasteiger partial charge >= 0.3 is 0 Å². The quantitative estimate of drug-likeness (QED) is 0.890. The Labute approximate surface area is 118 Å². The summed E-state index contributed by atoms with van der Waals surface area (Å²) in [5, 5.41) is 13.6. The Bertz CT molecular complexity index is 410. The lowest BCUT2D eigenvalue weighted by Crippen LogP contribution is -2.41. The highest BCUT2D eigenvalue weighted by atomic mass is 32.2. The first kappa shape index (κ1) is 14.4. The van der Waals surface area contributed by atoms with E-state index in [1.807, 2.05) is 30.0 Å². The van der Waals surface area contributed by atoms with Crippen LogP contribution in [0.25, 0.3) is 0 Å². The monoisotopic (exact) mass is 279 g/mol. The van der Waals surface area contributed by atoms with Gasteiger partial charge in [-0.05, 0) is 31.1 Å². The number of hydrogen-bond acceptors (Lipinski definition) is 3. The molecule has 3 unspecified atom stereocenters. The van der Waals surface area contributed by atoms with Gasteiger partial charge in [0.25, 0.3) is 5.91 Å². The van der Waals surface area contributed by atoms with Crippen LogP contribution in [0.1, 0.15) is 37.4 Å². The maximum Gasteiger partial charge on any atom is 0.253 e. The molecule has 0 saturated heterocycles. The summed E-state index contributed by atoms with van der Waals surface area (Å²) in [6.07, 6.45) is 5.47. The third kappa shape index (κ3) is 3.98. The number of benzene rings is 1. The molecule has 1 aromatic rings. The molecule has 2 rings (SSSR count). The van der Waals surface area contributed by atoms with E-state index in [1.165, 1.54) is 6.42 Å². The number of carbonyl (C=O) groups is 1. The third-order valence-corrected chi connectivity index (χ3v) is 4.76. The lowest BCUT2D eigenvalue weighted by atomic mass is 9.94. The van der Waals surface area contributed by atoms with Crippen molar-refractivity contribution >= 4 is 17.7 Å². The number of thioether (sulfide) groups is 1. The number of aliphatic hydroxyl groups is 1. The van der Waals surface area contributed by atoms with Gasteiger partial charge in [-0.1, -0.05) is 36.8 Å². The van der Waals surface area contributed by atoms with E-state index in [4.69, 9.17) is 0 Å². The second-order valence-electron chi connectivity index (χ2n) is 5.04. The fraction of sp³-hybridized carbons (Fsp3) is 0.533. The summed E-state index contributed by atoms with van der Waals surface area (Å²) in [5.74, 6) is -0.280. The zero-order valence-electron chi connectivity index (χ0n) is 11.2. The van der Waals surface area contributed by atoms with Gasteiger partial charge in [0.2, 0.25) is 0 Å². The Kier molecular flexibility index (Phi) is 5.28. The molecular weight excluding hydrogens is 258 g/mol. The van der Waals surface area contributed by atoms with Crippen LogP contribution >= 0.6 is 11.8 Å². The average molecular weight is 279 g/mol. The van der Waals surface area contributed by atoms with Crippen molar-refractivity contribution in [1.29, 1.82) is 0 Å². The normalized spacial score (nSPS) is 24.7. The molecule has 104 valence electrons.